The van der Waals surface area contributed by atoms with Crippen LogP contribution in [0.3, 0.4) is 0 Å². The van der Waals surface area contributed by atoms with Crippen molar-refractivity contribution in [2.45, 2.75) is 38.5 Å². The first-order valence-corrected chi connectivity index (χ1v) is 5.18. The first-order valence-electron chi connectivity index (χ1n) is 5.18. The number of ether oxygens (including phenoxy) is 1. The number of rotatable bonds is 2. The second kappa shape index (κ2) is 4.09. The Morgan fingerprint density at radius 3 is 2.57 bits per heavy atom. The molecule has 14 heavy (non-hydrogen) atoms. The number of hydrogen-bond donors (Lipinski definition) is 0. The van der Waals surface area contributed by atoms with Gasteiger partial charge in [-0.05, 0) is 12.8 Å². The maximum Gasteiger partial charge on any atom is 0.229 e. The Morgan fingerprint density at radius 1 is 1.29 bits per heavy atom. The third kappa shape index (κ3) is 1.95. The molecule has 4 heteroatoms. The van der Waals surface area contributed by atoms with E-state index in [1.807, 2.05) is 0 Å². The van der Waals surface area contributed by atoms with Crippen molar-refractivity contribution in [3.63, 3.8) is 0 Å². The van der Waals surface area contributed by atoms with E-state index in [4.69, 9.17) is 9.26 Å². The summed E-state index contributed by atoms with van der Waals surface area (Å²) in [6, 6.07) is 0. The van der Waals surface area contributed by atoms with Crippen LogP contribution in [0.5, 0.6) is 0 Å². The zero-order chi connectivity index (χ0) is 9.97. The molecule has 0 unspecified atom stereocenters. The van der Waals surface area contributed by atoms with Crippen molar-refractivity contribution in [1.29, 1.82) is 0 Å². The van der Waals surface area contributed by atoms with E-state index in [-0.39, 0.29) is 0 Å². The predicted molar refractivity (Wildman–Crippen MR) is 51.2 cm³/mol. The molecule has 78 valence electrons. The molecule has 2 rings (SSSR count). The molecule has 1 aromatic rings. The van der Waals surface area contributed by atoms with E-state index < -0.39 is 0 Å². The van der Waals surface area contributed by atoms with Gasteiger partial charge in [0.05, 0.1) is 0 Å². The van der Waals surface area contributed by atoms with E-state index in [0.717, 1.165) is 37.8 Å². The van der Waals surface area contributed by atoms with Crippen molar-refractivity contribution < 1.29 is 9.26 Å². The molecule has 0 radical (unpaired) electrons. The molecule has 2 heterocycles. The Morgan fingerprint density at radius 2 is 2.00 bits per heavy atom. The Bertz CT molecular complexity index is 290. The van der Waals surface area contributed by atoms with E-state index >= 15 is 0 Å². The normalized spacial score (nSPS) is 19.1. The lowest BCUT2D eigenvalue weighted by Gasteiger charge is -2.18. The molecule has 0 atom stereocenters. The molecule has 1 aliphatic rings. The molecular formula is C10H16N2O2. The summed E-state index contributed by atoms with van der Waals surface area (Å²) in [5, 5.41) is 4.02. The van der Waals surface area contributed by atoms with Gasteiger partial charge >= 0.3 is 0 Å². The van der Waals surface area contributed by atoms with E-state index in [0.29, 0.717) is 11.8 Å². The lowest BCUT2D eigenvalue weighted by atomic mass is 10.00. The largest absolute Gasteiger partial charge is 0.381 e. The van der Waals surface area contributed by atoms with Crippen molar-refractivity contribution >= 4 is 0 Å². The summed E-state index contributed by atoms with van der Waals surface area (Å²) in [6.07, 6.45) is 2.02. The van der Waals surface area contributed by atoms with Crippen LogP contribution in [0.15, 0.2) is 4.52 Å². The topological polar surface area (TPSA) is 48.2 Å². The fourth-order valence-electron chi connectivity index (χ4n) is 1.60. The maximum absolute atomic E-state index is 5.29. The fraction of sp³-hybridized carbons (Fsp3) is 0.800. The first-order chi connectivity index (χ1) is 6.77. The highest BCUT2D eigenvalue weighted by Gasteiger charge is 2.21. The minimum atomic E-state index is 0.316. The summed E-state index contributed by atoms with van der Waals surface area (Å²) in [5.41, 5.74) is 0. The van der Waals surface area contributed by atoms with Crippen LogP contribution in [0.4, 0.5) is 0 Å². The summed E-state index contributed by atoms with van der Waals surface area (Å²) in [5.74, 6) is 2.35. The van der Waals surface area contributed by atoms with E-state index in [2.05, 4.69) is 24.0 Å². The average molecular weight is 196 g/mol. The SMILES string of the molecule is CC(C)c1nc(C2CCOCC2)no1. The molecule has 0 amide bonds. The quantitative estimate of drug-likeness (QED) is 0.726. The molecule has 0 aliphatic carbocycles. The number of aromatic nitrogens is 2. The van der Waals surface area contributed by atoms with Gasteiger partial charge in [-0.3, -0.25) is 0 Å². The summed E-state index contributed by atoms with van der Waals surface area (Å²) in [6.45, 7) is 5.75. The van der Waals surface area contributed by atoms with Crippen molar-refractivity contribution in [2.24, 2.45) is 0 Å². The van der Waals surface area contributed by atoms with Crippen molar-refractivity contribution in [3.05, 3.63) is 11.7 Å². The minimum Gasteiger partial charge on any atom is -0.381 e. The lowest BCUT2D eigenvalue weighted by Crippen LogP contribution is -2.15. The van der Waals surface area contributed by atoms with E-state index in [9.17, 15) is 0 Å². The van der Waals surface area contributed by atoms with Gasteiger partial charge in [-0.2, -0.15) is 4.98 Å². The second-order valence-electron chi connectivity index (χ2n) is 4.03. The molecule has 0 N–H and O–H groups in total. The summed E-state index contributed by atoms with van der Waals surface area (Å²) in [4.78, 5) is 4.40. The van der Waals surface area contributed by atoms with Crippen molar-refractivity contribution in [2.75, 3.05) is 13.2 Å². The highest BCUT2D eigenvalue weighted by atomic mass is 16.5. The van der Waals surface area contributed by atoms with Gasteiger partial charge in [0.1, 0.15) is 0 Å². The van der Waals surface area contributed by atoms with Gasteiger partial charge in [0.2, 0.25) is 5.89 Å². The van der Waals surface area contributed by atoms with Crippen LogP contribution in [0, 0.1) is 0 Å². The Hall–Kier alpha value is -0.900. The van der Waals surface area contributed by atoms with Crippen LogP contribution < -0.4 is 0 Å². The zero-order valence-corrected chi connectivity index (χ0v) is 8.69. The zero-order valence-electron chi connectivity index (χ0n) is 8.69. The number of nitrogens with zero attached hydrogens (tertiary/aromatic N) is 2. The summed E-state index contributed by atoms with van der Waals surface area (Å²) in [7, 11) is 0. The summed E-state index contributed by atoms with van der Waals surface area (Å²) >= 11 is 0. The van der Waals surface area contributed by atoms with Crippen molar-refractivity contribution in [3.8, 4) is 0 Å². The molecule has 0 saturated carbocycles. The third-order valence-electron chi connectivity index (χ3n) is 2.54. The van der Waals surface area contributed by atoms with Gasteiger partial charge in [0, 0.05) is 25.0 Å². The molecule has 0 aromatic carbocycles. The molecule has 4 nitrogen and oxygen atoms in total. The van der Waals surface area contributed by atoms with Gasteiger partial charge in [-0.15, -0.1) is 0 Å². The highest BCUT2D eigenvalue weighted by molar-refractivity contribution is 4.98. The van der Waals surface area contributed by atoms with Crippen LogP contribution in [0.25, 0.3) is 0 Å². The predicted octanol–water partition coefficient (Wildman–Crippen LogP) is 2.09. The Kier molecular flexibility index (Phi) is 2.82. The Labute approximate surface area is 83.6 Å². The van der Waals surface area contributed by atoms with Gasteiger partial charge in [0.15, 0.2) is 5.82 Å². The monoisotopic (exact) mass is 196 g/mol. The smallest absolute Gasteiger partial charge is 0.229 e. The minimum absolute atomic E-state index is 0.316. The van der Waals surface area contributed by atoms with Gasteiger partial charge in [-0.25, -0.2) is 0 Å². The standard InChI is InChI=1S/C10H16N2O2/c1-7(2)10-11-9(12-14-10)8-3-5-13-6-4-8/h7-8H,3-6H2,1-2H3. The molecular weight excluding hydrogens is 180 g/mol. The Balaban J connectivity index is 2.07. The van der Waals surface area contributed by atoms with Gasteiger partial charge < -0.3 is 9.26 Å². The second-order valence-corrected chi connectivity index (χ2v) is 4.03. The van der Waals surface area contributed by atoms with Crippen LogP contribution in [-0.4, -0.2) is 23.4 Å². The average Bonchev–Trinajstić information content (AvgIpc) is 2.68. The van der Waals surface area contributed by atoms with Crippen molar-refractivity contribution in [1.82, 2.24) is 10.1 Å². The first kappa shape index (κ1) is 9.65. The fourth-order valence-corrected chi connectivity index (χ4v) is 1.60. The highest BCUT2D eigenvalue weighted by Crippen LogP contribution is 2.25. The van der Waals surface area contributed by atoms with E-state index in [1.165, 1.54) is 0 Å². The molecule has 0 bridgehead atoms. The molecule has 1 fully saturated rings. The van der Waals surface area contributed by atoms with Crippen LogP contribution in [0.2, 0.25) is 0 Å². The van der Waals surface area contributed by atoms with Gasteiger partial charge in [0.25, 0.3) is 0 Å². The van der Waals surface area contributed by atoms with Crippen LogP contribution >= 0.6 is 0 Å². The molecule has 1 saturated heterocycles. The van der Waals surface area contributed by atoms with E-state index in [1.54, 1.807) is 0 Å². The van der Waals surface area contributed by atoms with Crippen LogP contribution in [0.1, 0.15) is 50.2 Å². The third-order valence-corrected chi connectivity index (χ3v) is 2.54. The maximum atomic E-state index is 5.29. The summed E-state index contributed by atoms with van der Waals surface area (Å²) < 4.78 is 10.5. The van der Waals surface area contributed by atoms with Gasteiger partial charge in [-0.1, -0.05) is 19.0 Å². The molecule has 0 spiro atoms. The van der Waals surface area contributed by atoms with Crippen LogP contribution in [-0.2, 0) is 4.74 Å². The lowest BCUT2D eigenvalue weighted by molar-refractivity contribution is 0.0830. The molecule has 1 aliphatic heterocycles. The molecule has 1 aromatic heterocycles. The number of hydrogen-bond acceptors (Lipinski definition) is 4.